The topological polar surface area (TPSA) is 23.5 Å². The van der Waals surface area contributed by atoms with Crippen LogP contribution in [0.4, 0.5) is 0 Å². The molecule has 14 heavy (non-hydrogen) atoms. The SMILES string of the molecule is CCCCN(C1CC1)C(C)C(O)CC. The molecule has 0 bridgehead atoms. The quantitative estimate of drug-likeness (QED) is 0.680. The molecule has 0 amide bonds. The molecule has 2 atom stereocenters. The van der Waals surface area contributed by atoms with E-state index in [9.17, 15) is 5.11 Å². The summed E-state index contributed by atoms with van der Waals surface area (Å²) in [6.07, 6.45) is 5.91. The van der Waals surface area contributed by atoms with Crippen LogP contribution in [0, 0.1) is 0 Å². The molecule has 2 nitrogen and oxygen atoms in total. The standard InChI is InChI=1S/C12H25NO/c1-4-6-9-13(11-7-8-11)10(3)12(14)5-2/h10-12,14H,4-9H2,1-3H3. The van der Waals surface area contributed by atoms with Gasteiger partial charge in [-0.25, -0.2) is 0 Å². The molecule has 0 saturated heterocycles. The largest absolute Gasteiger partial charge is 0.392 e. The maximum absolute atomic E-state index is 9.83. The van der Waals surface area contributed by atoms with Gasteiger partial charge < -0.3 is 5.11 Å². The Kier molecular flexibility index (Phi) is 4.90. The van der Waals surface area contributed by atoms with E-state index in [2.05, 4.69) is 25.7 Å². The number of rotatable bonds is 7. The van der Waals surface area contributed by atoms with Crippen LogP contribution >= 0.6 is 0 Å². The zero-order valence-corrected chi connectivity index (χ0v) is 9.87. The van der Waals surface area contributed by atoms with Crippen molar-refractivity contribution in [3.63, 3.8) is 0 Å². The molecular formula is C12H25NO. The molecule has 2 unspecified atom stereocenters. The Hall–Kier alpha value is -0.0800. The van der Waals surface area contributed by atoms with Crippen molar-refractivity contribution < 1.29 is 5.11 Å². The van der Waals surface area contributed by atoms with Crippen LogP contribution in [0.2, 0.25) is 0 Å². The lowest BCUT2D eigenvalue weighted by Crippen LogP contribution is -2.43. The summed E-state index contributed by atoms with van der Waals surface area (Å²) in [6.45, 7) is 7.62. The lowest BCUT2D eigenvalue weighted by Gasteiger charge is -2.32. The number of hydrogen-bond donors (Lipinski definition) is 1. The van der Waals surface area contributed by atoms with Crippen molar-refractivity contribution in [2.45, 2.75) is 71.1 Å². The van der Waals surface area contributed by atoms with E-state index in [1.165, 1.54) is 32.2 Å². The predicted molar refractivity (Wildman–Crippen MR) is 60.4 cm³/mol. The van der Waals surface area contributed by atoms with Gasteiger partial charge in [-0.15, -0.1) is 0 Å². The second kappa shape index (κ2) is 5.72. The van der Waals surface area contributed by atoms with E-state index in [4.69, 9.17) is 0 Å². The van der Waals surface area contributed by atoms with E-state index in [0.717, 1.165) is 12.5 Å². The summed E-state index contributed by atoms with van der Waals surface area (Å²) in [5, 5.41) is 9.83. The van der Waals surface area contributed by atoms with Crippen molar-refractivity contribution in [3.8, 4) is 0 Å². The Balaban J connectivity index is 2.39. The molecule has 0 aromatic carbocycles. The van der Waals surface area contributed by atoms with Crippen LogP contribution in [0.3, 0.4) is 0 Å². The van der Waals surface area contributed by atoms with Crippen LogP contribution in [0.1, 0.15) is 52.9 Å². The number of aliphatic hydroxyl groups is 1. The normalized spacial score (nSPS) is 21.2. The molecule has 1 fully saturated rings. The van der Waals surface area contributed by atoms with Crippen LogP contribution in [-0.2, 0) is 0 Å². The average Bonchev–Trinajstić information content (AvgIpc) is 3.01. The average molecular weight is 199 g/mol. The molecule has 1 aliphatic carbocycles. The number of unbranched alkanes of at least 4 members (excludes halogenated alkanes) is 1. The Morgan fingerprint density at radius 1 is 1.36 bits per heavy atom. The summed E-state index contributed by atoms with van der Waals surface area (Å²) in [6, 6.07) is 1.12. The Morgan fingerprint density at radius 3 is 2.43 bits per heavy atom. The van der Waals surface area contributed by atoms with Crippen LogP contribution in [-0.4, -0.2) is 34.7 Å². The molecule has 0 aliphatic heterocycles. The van der Waals surface area contributed by atoms with E-state index >= 15 is 0 Å². The van der Waals surface area contributed by atoms with Crippen molar-refractivity contribution >= 4 is 0 Å². The molecule has 1 N–H and O–H groups in total. The molecule has 0 radical (unpaired) electrons. The van der Waals surface area contributed by atoms with Gasteiger partial charge in [0.05, 0.1) is 6.10 Å². The van der Waals surface area contributed by atoms with Crippen LogP contribution < -0.4 is 0 Å². The fraction of sp³-hybridized carbons (Fsp3) is 1.00. The van der Waals surface area contributed by atoms with Crippen molar-refractivity contribution in [2.24, 2.45) is 0 Å². The highest BCUT2D eigenvalue weighted by atomic mass is 16.3. The van der Waals surface area contributed by atoms with Gasteiger partial charge in [0.15, 0.2) is 0 Å². The van der Waals surface area contributed by atoms with Gasteiger partial charge in [0.25, 0.3) is 0 Å². The molecule has 0 aromatic rings. The highest BCUT2D eigenvalue weighted by molar-refractivity contribution is 4.89. The smallest absolute Gasteiger partial charge is 0.0690 e. The van der Waals surface area contributed by atoms with Gasteiger partial charge in [-0.3, -0.25) is 4.90 Å². The van der Waals surface area contributed by atoms with Gasteiger partial charge in [0.2, 0.25) is 0 Å². The maximum Gasteiger partial charge on any atom is 0.0690 e. The summed E-state index contributed by atoms with van der Waals surface area (Å²) in [4.78, 5) is 2.51. The van der Waals surface area contributed by atoms with Crippen LogP contribution in [0.15, 0.2) is 0 Å². The molecular weight excluding hydrogens is 174 g/mol. The molecule has 1 aliphatic rings. The third kappa shape index (κ3) is 3.25. The monoisotopic (exact) mass is 199 g/mol. The van der Waals surface area contributed by atoms with E-state index in [-0.39, 0.29) is 6.10 Å². The van der Waals surface area contributed by atoms with Crippen molar-refractivity contribution in [1.29, 1.82) is 0 Å². The first-order valence-corrected chi connectivity index (χ1v) is 6.14. The molecule has 0 heterocycles. The molecule has 1 rings (SSSR count). The molecule has 1 saturated carbocycles. The van der Waals surface area contributed by atoms with Gasteiger partial charge >= 0.3 is 0 Å². The zero-order chi connectivity index (χ0) is 10.6. The third-order valence-electron chi connectivity index (χ3n) is 3.28. The zero-order valence-electron chi connectivity index (χ0n) is 9.87. The van der Waals surface area contributed by atoms with Crippen LogP contribution in [0.25, 0.3) is 0 Å². The van der Waals surface area contributed by atoms with Crippen molar-refractivity contribution in [2.75, 3.05) is 6.54 Å². The van der Waals surface area contributed by atoms with Crippen molar-refractivity contribution in [1.82, 2.24) is 4.90 Å². The first kappa shape index (κ1) is 12.0. The maximum atomic E-state index is 9.83. The van der Waals surface area contributed by atoms with Gasteiger partial charge in [-0.2, -0.15) is 0 Å². The fourth-order valence-electron chi connectivity index (χ4n) is 2.03. The highest BCUT2D eigenvalue weighted by Crippen LogP contribution is 2.30. The summed E-state index contributed by atoms with van der Waals surface area (Å²) >= 11 is 0. The minimum atomic E-state index is -0.146. The lowest BCUT2D eigenvalue weighted by atomic mass is 10.1. The van der Waals surface area contributed by atoms with E-state index < -0.39 is 0 Å². The number of aliphatic hydroxyl groups excluding tert-OH is 1. The predicted octanol–water partition coefficient (Wildman–Crippen LogP) is 2.41. The third-order valence-corrected chi connectivity index (χ3v) is 3.28. The number of nitrogens with zero attached hydrogens (tertiary/aromatic N) is 1. The van der Waals surface area contributed by atoms with Crippen LogP contribution in [0.5, 0.6) is 0 Å². The van der Waals surface area contributed by atoms with Gasteiger partial charge in [0.1, 0.15) is 0 Å². The highest BCUT2D eigenvalue weighted by Gasteiger charge is 2.33. The molecule has 84 valence electrons. The second-order valence-electron chi connectivity index (χ2n) is 4.54. The minimum Gasteiger partial charge on any atom is -0.392 e. The Bertz CT molecular complexity index is 156. The van der Waals surface area contributed by atoms with E-state index in [0.29, 0.717) is 6.04 Å². The Labute approximate surface area is 88.3 Å². The van der Waals surface area contributed by atoms with Gasteiger partial charge in [0, 0.05) is 12.1 Å². The minimum absolute atomic E-state index is 0.146. The van der Waals surface area contributed by atoms with Crippen molar-refractivity contribution in [3.05, 3.63) is 0 Å². The Morgan fingerprint density at radius 2 is 2.00 bits per heavy atom. The number of hydrogen-bond acceptors (Lipinski definition) is 2. The summed E-state index contributed by atoms with van der Waals surface area (Å²) in [7, 11) is 0. The fourth-order valence-corrected chi connectivity index (χ4v) is 2.03. The lowest BCUT2D eigenvalue weighted by molar-refractivity contribution is 0.0503. The second-order valence-corrected chi connectivity index (χ2v) is 4.54. The summed E-state index contributed by atoms with van der Waals surface area (Å²) in [5.74, 6) is 0. The first-order valence-electron chi connectivity index (χ1n) is 6.14. The molecule has 0 aromatic heterocycles. The van der Waals surface area contributed by atoms with E-state index in [1.54, 1.807) is 0 Å². The first-order chi connectivity index (χ1) is 6.70. The summed E-state index contributed by atoms with van der Waals surface area (Å²) in [5.41, 5.74) is 0. The van der Waals surface area contributed by atoms with E-state index in [1.807, 2.05) is 0 Å². The molecule has 0 spiro atoms. The van der Waals surface area contributed by atoms with Gasteiger partial charge in [-0.1, -0.05) is 20.3 Å². The molecule has 2 heteroatoms. The van der Waals surface area contributed by atoms with Gasteiger partial charge in [-0.05, 0) is 39.2 Å². The summed E-state index contributed by atoms with van der Waals surface area (Å²) < 4.78 is 0.